The Labute approximate surface area is 228 Å². The minimum atomic E-state index is -0.193. The van der Waals surface area contributed by atoms with Crippen LogP contribution in [0, 0.1) is 24.7 Å². The zero-order valence-corrected chi connectivity index (χ0v) is 24.4. The van der Waals surface area contributed by atoms with Gasteiger partial charge in [0.1, 0.15) is 0 Å². The summed E-state index contributed by atoms with van der Waals surface area (Å²) in [6, 6.07) is 0.128. The van der Waals surface area contributed by atoms with E-state index in [2.05, 4.69) is 57.6 Å². The number of amides is 2. The quantitative estimate of drug-likeness (QED) is 0.0801. The topological polar surface area (TPSA) is 72.5 Å². The molecule has 1 rings (SSSR count). The molecule has 2 amide bonds. The number of ether oxygens (including phenoxy) is 1. The molecule has 208 valence electrons. The fourth-order valence-corrected chi connectivity index (χ4v) is 4.27. The van der Waals surface area contributed by atoms with Crippen LogP contribution in [0.15, 0.2) is 23.8 Å². The smallest absolute Gasteiger partial charge is 0.0683 e. The number of imide groups is 1. The van der Waals surface area contributed by atoms with Gasteiger partial charge in [-0.15, -0.1) is 12.8 Å². The van der Waals surface area contributed by atoms with Gasteiger partial charge in [0.25, 0.3) is 0 Å². The molecule has 0 bridgehead atoms. The zero-order chi connectivity index (χ0) is 28.6. The van der Waals surface area contributed by atoms with Crippen molar-refractivity contribution in [2.75, 3.05) is 7.11 Å². The molecule has 0 aromatic heterocycles. The summed E-state index contributed by atoms with van der Waals surface area (Å²) >= 11 is 0. The van der Waals surface area contributed by atoms with Gasteiger partial charge in [0.05, 0.1) is 0 Å². The Bertz CT molecular complexity index is 738. The molecule has 2 atom stereocenters. The van der Waals surface area contributed by atoms with Crippen LogP contribution in [0.1, 0.15) is 112 Å². The minimum Gasteiger partial charge on any atom is -0.0683 e. The molecule has 6 heteroatoms. The summed E-state index contributed by atoms with van der Waals surface area (Å²) in [7, 11) is 1.75. The number of carbonyl (C=O) groups is 3. The molecule has 0 saturated carbocycles. The van der Waals surface area contributed by atoms with Gasteiger partial charge in [0.15, 0.2) is 0 Å². The van der Waals surface area contributed by atoms with Crippen molar-refractivity contribution in [3.05, 3.63) is 23.8 Å². The third-order valence-corrected chi connectivity index (χ3v) is 6.26. The summed E-state index contributed by atoms with van der Waals surface area (Å²) < 4.78 is 5.57. The Kier molecular flexibility index (Phi) is 24.0. The first-order chi connectivity index (χ1) is 17.7. The van der Waals surface area contributed by atoms with Crippen molar-refractivity contribution in [3.63, 3.8) is 0 Å². The van der Waals surface area contributed by atoms with Gasteiger partial charge >= 0.3 is 162 Å². The third kappa shape index (κ3) is 20.5. The standard InChI is InChI=1S/C27H44BNO4.C2H6.C2H2/c1-20(2)11-7-6-8-16-28-25(33-5)15-9-12-21(3)17-22(4)24(30)14-10-13-23-18-26(31)29-27(32)19-23;2*1-2/h12,16,22-23,25H,1,6-11,13-15,17-19H2,2-5H3,(H,29,31,32);1-2H3;1-2H/b21-12-;;. The summed E-state index contributed by atoms with van der Waals surface area (Å²) in [6.07, 6.45) is 20.2. The number of hydrogen-bond acceptors (Lipinski definition) is 4. The Morgan fingerprint density at radius 2 is 1.73 bits per heavy atom. The number of methoxy groups -OCH3 is 1. The molecule has 0 aliphatic carbocycles. The van der Waals surface area contributed by atoms with Crippen molar-refractivity contribution in [2.24, 2.45) is 11.8 Å². The van der Waals surface area contributed by atoms with E-state index in [-0.39, 0.29) is 35.4 Å². The van der Waals surface area contributed by atoms with Gasteiger partial charge in [-0.05, 0) is 0 Å². The van der Waals surface area contributed by atoms with Crippen LogP contribution in [0.5, 0.6) is 0 Å². The van der Waals surface area contributed by atoms with Crippen molar-refractivity contribution < 1.29 is 19.1 Å². The maximum Gasteiger partial charge on any atom is -0.0683 e. The second-order valence-corrected chi connectivity index (χ2v) is 9.74. The molecular weight excluding hydrogens is 461 g/mol. The van der Waals surface area contributed by atoms with Crippen LogP contribution in [-0.4, -0.2) is 43.6 Å². The van der Waals surface area contributed by atoms with E-state index in [9.17, 15) is 14.4 Å². The minimum absolute atomic E-state index is 0.00476. The molecule has 2 unspecified atom stereocenters. The van der Waals surface area contributed by atoms with Crippen LogP contribution >= 0.6 is 0 Å². The van der Waals surface area contributed by atoms with Crippen molar-refractivity contribution in [1.82, 2.24) is 5.32 Å². The first kappa shape index (κ1) is 36.9. The molecule has 1 aliphatic heterocycles. The van der Waals surface area contributed by atoms with Gasteiger partial charge in [-0.3, -0.25) is 14.9 Å². The largest absolute Gasteiger partial charge is 0.0683 e. The summed E-state index contributed by atoms with van der Waals surface area (Å²) in [5.41, 5.74) is 2.49. The first-order valence-corrected chi connectivity index (χ1v) is 13.9. The van der Waals surface area contributed by atoms with Crippen LogP contribution in [0.25, 0.3) is 0 Å². The number of terminal acetylenes is 1. The average molecular weight is 514 g/mol. The molecule has 37 heavy (non-hydrogen) atoms. The number of allylic oxidation sites excluding steroid dienone is 3. The molecule has 1 fully saturated rings. The summed E-state index contributed by atoms with van der Waals surface area (Å²) in [5.74, 6) is 2.17. The van der Waals surface area contributed by atoms with E-state index in [0.29, 0.717) is 19.3 Å². The van der Waals surface area contributed by atoms with Gasteiger partial charge in [-0.1, -0.05) is 13.8 Å². The second kappa shape index (κ2) is 24.1. The molecule has 0 radical (unpaired) electrons. The van der Waals surface area contributed by atoms with Gasteiger partial charge in [-0.25, -0.2) is 0 Å². The van der Waals surface area contributed by atoms with E-state index in [1.165, 1.54) is 24.0 Å². The number of ketones is 1. The number of piperidine rings is 1. The van der Waals surface area contributed by atoms with Crippen molar-refractivity contribution in [2.45, 2.75) is 118 Å². The van der Waals surface area contributed by atoms with Crippen LogP contribution in [0.2, 0.25) is 0 Å². The van der Waals surface area contributed by atoms with Crippen LogP contribution in [0.3, 0.4) is 0 Å². The fraction of sp³-hybridized carbons (Fsp3) is 0.677. The zero-order valence-electron chi connectivity index (χ0n) is 24.4. The SMILES string of the molecule is C#C.C=C(C)CCCCC=BC(CC/C=C(/C)CC(C)C(=O)CCCC1CC(=O)NC(=O)C1)OC.CC. The Balaban J connectivity index is 0. The van der Waals surface area contributed by atoms with Crippen LogP contribution < -0.4 is 5.32 Å². The van der Waals surface area contributed by atoms with Crippen molar-refractivity contribution >= 4 is 30.5 Å². The molecule has 0 spiro atoms. The molecule has 0 aromatic carbocycles. The van der Waals surface area contributed by atoms with Gasteiger partial charge in [0.2, 0.25) is 11.8 Å². The van der Waals surface area contributed by atoms with E-state index in [1.807, 2.05) is 20.8 Å². The Hall–Kier alpha value is -2.26. The molecule has 1 aliphatic rings. The van der Waals surface area contributed by atoms with Crippen LogP contribution in [0.4, 0.5) is 0 Å². The maximum absolute atomic E-state index is 12.5. The fourth-order valence-electron chi connectivity index (χ4n) is 4.27. The van der Waals surface area contributed by atoms with E-state index >= 15 is 0 Å². The Morgan fingerprint density at radius 3 is 2.30 bits per heavy atom. The molecule has 1 saturated heterocycles. The maximum atomic E-state index is 12.5. The molecule has 0 aromatic rings. The normalized spacial score (nSPS) is 15.4. The third-order valence-electron chi connectivity index (χ3n) is 6.26. The summed E-state index contributed by atoms with van der Waals surface area (Å²) in [6.45, 7) is 16.3. The predicted molar refractivity (Wildman–Crippen MR) is 159 cm³/mol. The second-order valence-electron chi connectivity index (χ2n) is 9.74. The number of unbranched alkanes of at least 4 members (excludes halogenated alkanes) is 2. The van der Waals surface area contributed by atoms with E-state index in [0.717, 1.165) is 44.9 Å². The van der Waals surface area contributed by atoms with Crippen LogP contribution in [-0.2, 0) is 19.1 Å². The number of hydrogen-bond donors (Lipinski definition) is 1. The van der Waals surface area contributed by atoms with E-state index in [1.54, 1.807) is 7.11 Å². The predicted octanol–water partition coefficient (Wildman–Crippen LogP) is 6.42. The van der Waals surface area contributed by atoms with E-state index < -0.39 is 0 Å². The monoisotopic (exact) mass is 513 g/mol. The number of carbonyl (C=O) groups excluding carboxylic acids is 3. The number of Topliss-reactive ketones (excluding diaryl/α,β-unsaturated/α-hetero) is 1. The first-order valence-electron chi connectivity index (χ1n) is 13.9. The van der Waals surface area contributed by atoms with Crippen molar-refractivity contribution in [3.8, 4) is 12.8 Å². The molecule has 1 heterocycles. The van der Waals surface area contributed by atoms with Gasteiger partial charge < -0.3 is 0 Å². The molecular formula is C31H52BNO4. The van der Waals surface area contributed by atoms with Crippen molar-refractivity contribution in [1.29, 1.82) is 0 Å². The van der Waals surface area contributed by atoms with Gasteiger partial charge in [-0.2, -0.15) is 0 Å². The molecule has 1 N–H and O–H groups in total. The van der Waals surface area contributed by atoms with E-state index in [4.69, 9.17) is 4.74 Å². The summed E-state index contributed by atoms with van der Waals surface area (Å²) in [4.78, 5) is 35.4. The summed E-state index contributed by atoms with van der Waals surface area (Å²) in [5, 5.41) is 2.33. The number of nitrogens with one attached hydrogen (secondary N) is 1. The number of rotatable bonds is 17. The molecule has 5 nitrogen and oxygen atoms in total. The van der Waals surface area contributed by atoms with Gasteiger partial charge in [0, 0.05) is 12.8 Å². The Morgan fingerprint density at radius 1 is 1.11 bits per heavy atom. The average Bonchev–Trinajstić information content (AvgIpc) is 2.86.